The summed E-state index contributed by atoms with van der Waals surface area (Å²) in [4.78, 5) is 12.6. The first kappa shape index (κ1) is 12.3. The number of rotatable bonds is 4. The van der Waals surface area contributed by atoms with Crippen LogP contribution in [0, 0.1) is 6.92 Å². The lowest BCUT2D eigenvalue weighted by Crippen LogP contribution is -2.06. The predicted molar refractivity (Wildman–Crippen MR) is 72.2 cm³/mol. The zero-order valence-electron chi connectivity index (χ0n) is 10.6. The summed E-state index contributed by atoms with van der Waals surface area (Å²) in [7, 11) is 0. The average Bonchev–Trinajstić information content (AvgIpc) is 3.15. The van der Waals surface area contributed by atoms with Crippen LogP contribution >= 0.6 is 11.5 Å². The molecule has 0 aliphatic heterocycles. The van der Waals surface area contributed by atoms with E-state index in [9.17, 15) is 4.79 Å². The molecule has 0 bridgehead atoms. The lowest BCUT2D eigenvalue weighted by Gasteiger charge is -2.04. The van der Waals surface area contributed by atoms with E-state index in [4.69, 9.17) is 4.74 Å². The molecule has 19 heavy (non-hydrogen) atoms. The highest BCUT2D eigenvalue weighted by atomic mass is 32.1. The van der Waals surface area contributed by atoms with Gasteiger partial charge in [-0.25, -0.2) is 4.79 Å². The quantitative estimate of drug-likeness (QED) is 0.804. The van der Waals surface area contributed by atoms with E-state index < -0.39 is 0 Å². The highest BCUT2D eigenvalue weighted by Crippen LogP contribution is 2.41. The second-order valence-electron chi connectivity index (χ2n) is 4.82. The molecule has 1 aromatic heterocycles. The predicted octanol–water partition coefficient (Wildman–Crippen LogP) is 3.08. The molecule has 4 nitrogen and oxygen atoms in total. The molecule has 1 fully saturated rings. The van der Waals surface area contributed by atoms with E-state index in [-0.39, 0.29) is 5.97 Å². The summed E-state index contributed by atoms with van der Waals surface area (Å²) in [6.45, 7) is 2.32. The summed E-state index contributed by atoms with van der Waals surface area (Å²) in [6, 6.07) is 7.95. The number of benzene rings is 1. The van der Waals surface area contributed by atoms with E-state index in [2.05, 4.69) is 9.59 Å². The molecule has 1 aliphatic carbocycles. The number of aryl methyl sites for hydroxylation is 1. The molecule has 1 aromatic carbocycles. The first-order valence-electron chi connectivity index (χ1n) is 6.29. The molecule has 0 unspecified atom stereocenters. The maximum Gasteiger partial charge on any atom is 0.352 e. The number of hydrogen-bond donors (Lipinski definition) is 0. The number of carbonyl (C=O) groups excluding carboxylic acids is 1. The van der Waals surface area contributed by atoms with Crippen LogP contribution in [0.1, 0.15) is 45.3 Å². The summed E-state index contributed by atoms with van der Waals surface area (Å²) in [5.41, 5.74) is 3.00. The van der Waals surface area contributed by atoms with Crippen LogP contribution in [0.15, 0.2) is 24.3 Å². The average molecular weight is 274 g/mol. The van der Waals surface area contributed by atoms with E-state index in [1.807, 2.05) is 31.2 Å². The third kappa shape index (κ3) is 2.81. The maximum atomic E-state index is 12.0. The summed E-state index contributed by atoms with van der Waals surface area (Å²) in [5.74, 6) is 0.109. The Bertz CT molecular complexity index is 588. The Kier molecular flexibility index (Phi) is 3.29. The van der Waals surface area contributed by atoms with Gasteiger partial charge in [0.05, 0.1) is 5.69 Å². The van der Waals surface area contributed by atoms with Gasteiger partial charge in [0.2, 0.25) is 0 Å². The molecule has 2 aromatic rings. The summed E-state index contributed by atoms with van der Waals surface area (Å²) in [6.07, 6.45) is 2.20. The van der Waals surface area contributed by atoms with Gasteiger partial charge < -0.3 is 4.74 Å². The number of carbonyl (C=O) groups is 1. The third-order valence-electron chi connectivity index (χ3n) is 3.15. The van der Waals surface area contributed by atoms with Crippen molar-refractivity contribution >= 4 is 17.5 Å². The van der Waals surface area contributed by atoms with Gasteiger partial charge in [0.15, 0.2) is 4.88 Å². The zero-order valence-corrected chi connectivity index (χ0v) is 11.4. The summed E-state index contributed by atoms with van der Waals surface area (Å²) in [5, 5.41) is 4.03. The maximum absolute atomic E-state index is 12.0. The van der Waals surface area contributed by atoms with Gasteiger partial charge in [-0.2, -0.15) is 0 Å². The molecule has 5 heteroatoms. The van der Waals surface area contributed by atoms with Gasteiger partial charge in [-0.1, -0.05) is 34.3 Å². The minimum atomic E-state index is -0.308. The molecule has 0 spiro atoms. The number of nitrogens with zero attached hydrogens (tertiary/aromatic N) is 2. The lowest BCUT2D eigenvalue weighted by molar-refractivity contribution is 0.0477. The van der Waals surface area contributed by atoms with Crippen molar-refractivity contribution in [2.24, 2.45) is 0 Å². The van der Waals surface area contributed by atoms with Gasteiger partial charge in [0, 0.05) is 5.92 Å². The molecule has 3 rings (SSSR count). The highest BCUT2D eigenvalue weighted by molar-refractivity contribution is 7.07. The Morgan fingerprint density at radius 2 is 2.11 bits per heavy atom. The first-order valence-corrected chi connectivity index (χ1v) is 7.06. The van der Waals surface area contributed by atoms with E-state index in [1.54, 1.807) is 0 Å². The van der Waals surface area contributed by atoms with E-state index >= 15 is 0 Å². The van der Waals surface area contributed by atoms with Gasteiger partial charge in [0.25, 0.3) is 0 Å². The molecule has 0 saturated heterocycles. The van der Waals surface area contributed by atoms with Gasteiger partial charge >= 0.3 is 5.97 Å². The monoisotopic (exact) mass is 274 g/mol. The standard InChI is InChI=1S/C14H14N2O2S/c1-9-2-4-10(5-3-9)8-18-14(17)13-12(11-6-7-11)15-16-19-13/h2-5,11H,6-8H2,1H3. The fourth-order valence-corrected chi connectivity index (χ4v) is 2.51. The molecule has 0 amide bonds. The van der Waals surface area contributed by atoms with Gasteiger partial charge in [-0.15, -0.1) is 5.10 Å². The fourth-order valence-electron chi connectivity index (χ4n) is 1.86. The Hall–Kier alpha value is -1.75. The lowest BCUT2D eigenvalue weighted by atomic mass is 10.2. The Morgan fingerprint density at radius 3 is 2.79 bits per heavy atom. The van der Waals surface area contributed by atoms with Gasteiger partial charge in [0.1, 0.15) is 6.61 Å². The van der Waals surface area contributed by atoms with Gasteiger partial charge in [-0.05, 0) is 36.9 Å². The molecule has 0 atom stereocenters. The molecule has 1 heterocycles. The minimum absolute atomic E-state index is 0.293. The van der Waals surface area contributed by atoms with Crippen LogP contribution < -0.4 is 0 Å². The highest BCUT2D eigenvalue weighted by Gasteiger charge is 2.32. The van der Waals surface area contributed by atoms with E-state index in [0.717, 1.165) is 35.6 Å². The topological polar surface area (TPSA) is 52.1 Å². The Balaban J connectivity index is 1.64. The molecule has 1 aliphatic rings. The number of aromatic nitrogens is 2. The van der Waals surface area contributed by atoms with Crippen LogP contribution in [0.5, 0.6) is 0 Å². The molecule has 0 radical (unpaired) electrons. The van der Waals surface area contributed by atoms with Crippen molar-refractivity contribution in [2.75, 3.05) is 0 Å². The third-order valence-corrected chi connectivity index (χ3v) is 3.87. The second-order valence-corrected chi connectivity index (χ2v) is 5.58. The van der Waals surface area contributed by atoms with E-state index in [1.165, 1.54) is 5.56 Å². The minimum Gasteiger partial charge on any atom is -0.457 e. The van der Waals surface area contributed by atoms with Crippen LogP contribution in [0.4, 0.5) is 0 Å². The SMILES string of the molecule is Cc1ccc(COC(=O)c2snnc2C2CC2)cc1. The molecule has 0 N–H and O–H groups in total. The first-order chi connectivity index (χ1) is 9.24. The normalized spacial score (nSPS) is 14.4. The van der Waals surface area contributed by atoms with Crippen molar-refractivity contribution in [1.29, 1.82) is 0 Å². The molecular formula is C14H14N2O2S. The van der Waals surface area contributed by atoms with Crippen LogP contribution in [0.25, 0.3) is 0 Å². The van der Waals surface area contributed by atoms with Crippen molar-refractivity contribution in [2.45, 2.75) is 32.3 Å². The second kappa shape index (κ2) is 5.09. The molecular weight excluding hydrogens is 260 g/mol. The van der Waals surface area contributed by atoms with Crippen molar-refractivity contribution < 1.29 is 9.53 Å². The fraction of sp³-hybridized carbons (Fsp3) is 0.357. The van der Waals surface area contributed by atoms with Crippen molar-refractivity contribution in [3.05, 3.63) is 46.0 Å². The Morgan fingerprint density at radius 1 is 1.37 bits per heavy atom. The van der Waals surface area contributed by atoms with Crippen LogP contribution in [-0.2, 0) is 11.3 Å². The van der Waals surface area contributed by atoms with Crippen LogP contribution in [0.2, 0.25) is 0 Å². The van der Waals surface area contributed by atoms with Gasteiger partial charge in [-0.3, -0.25) is 0 Å². The van der Waals surface area contributed by atoms with Crippen molar-refractivity contribution in [3.8, 4) is 0 Å². The summed E-state index contributed by atoms with van der Waals surface area (Å²) >= 11 is 1.13. The van der Waals surface area contributed by atoms with E-state index in [0.29, 0.717) is 17.4 Å². The number of esters is 1. The van der Waals surface area contributed by atoms with Crippen molar-refractivity contribution in [1.82, 2.24) is 9.59 Å². The van der Waals surface area contributed by atoms with Crippen LogP contribution in [-0.4, -0.2) is 15.6 Å². The smallest absolute Gasteiger partial charge is 0.352 e. The number of hydrogen-bond acceptors (Lipinski definition) is 5. The summed E-state index contributed by atoms with van der Waals surface area (Å²) < 4.78 is 9.18. The van der Waals surface area contributed by atoms with Crippen molar-refractivity contribution in [3.63, 3.8) is 0 Å². The Labute approximate surface area is 115 Å². The zero-order chi connectivity index (χ0) is 13.2. The largest absolute Gasteiger partial charge is 0.457 e. The number of ether oxygens (including phenoxy) is 1. The van der Waals surface area contributed by atoms with Crippen LogP contribution in [0.3, 0.4) is 0 Å². The molecule has 98 valence electrons. The molecule has 1 saturated carbocycles.